The summed E-state index contributed by atoms with van der Waals surface area (Å²) in [5.41, 5.74) is 1.18. The third-order valence-corrected chi connectivity index (χ3v) is 4.21. The number of rotatable bonds is 4. The molecular formula is C16H14N4O6. The summed E-state index contributed by atoms with van der Waals surface area (Å²) >= 11 is 0. The molecule has 1 aliphatic rings. The molecule has 0 aliphatic carbocycles. The Bertz CT molecular complexity index is 1030. The summed E-state index contributed by atoms with van der Waals surface area (Å²) in [5, 5.41) is 20.1. The van der Waals surface area contributed by atoms with Crippen LogP contribution in [0.3, 0.4) is 0 Å². The van der Waals surface area contributed by atoms with Crippen LogP contribution >= 0.6 is 0 Å². The Morgan fingerprint density at radius 1 is 1.27 bits per heavy atom. The van der Waals surface area contributed by atoms with Crippen molar-refractivity contribution in [2.75, 3.05) is 13.4 Å². The minimum Gasteiger partial charge on any atom is -0.393 e. The Kier molecular flexibility index (Phi) is 3.99. The number of hydrogen-bond donors (Lipinski definition) is 1. The number of aromatic nitrogens is 3. The molecule has 1 aromatic carbocycles. The van der Waals surface area contributed by atoms with Gasteiger partial charge in [-0.15, -0.1) is 0 Å². The van der Waals surface area contributed by atoms with Gasteiger partial charge in [0.05, 0.1) is 17.2 Å². The van der Waals surface area contributed by atoms with E-state index in [0.717, 1.165) is 0 Å². The van der Waals surface area contributed by atoms with Gasteiger partial charge in [-0.25, -0.2) is 9.78 Å². The predicted octanol–water partition coefficient (Wildman–Crippen LogP) is 0.935. The standard InChI is InChI=1S/C16H14N4O6/c21-8-13-15(26-9-25-13)18-6-5-14-17-12(7-19(14)16(18)22)10-1-3-11(4-2-10)20(23)24/h1-7,13,15,21H,8-9H2/t13?,15-/m0/s1. The average molecular weight is 358 g/mol. The summed E-state index contributed by atoms with van der Waals surface area (Å²) in [6.07, 6.45) is 1.75. The molecule has 1 aliphatic heterocycles. The first-order valence-electron chi connectivity index (χ1n) is 7.77. The number of nitrogens with zero attached hydrogens (tertiary/aromatic N) is 4. The molecule has 10 nitrogen and oxygen atoms in total. The number of nitro groups is 1. The van der Waals surface area contributed by atoms with E-state index in [9.17, 15) is 20.0 Å². The van der Waals surface area contributed by atoms with Gasteiger partial charge in [-0.05, 0) is 18.2 Å². The molecule has 0 amide bonds. The van der Waals surface area contributed by atoms with Crippen LogP contribution in [0, 0.1) is 10.1 Å². The quantitative estimate of drug-likeness (QED) is 0.544. The Morgan fingerprint density at radius 2 is 2.04 bits per heavy atom. The Morgan fingerprint density at radius 3 is 2.73 bits per heavy atom. The Labute approximate surface area is 146 Å². The van der Waals surface area contributed by atoms with Gasteiger partial charge in [0, 0.05) is 30.1 Å². The molecule has 1 unspecified atom stereocenters. The van der Waals surface area contributed by atoms with Crippen molar-refractivity contribution >= 4 is 11.3 Å². The minimum absolute atomic E-state index is 0.00164. The molecule has 0 saturated carbocycles. The molecule has 1 N–H and O–H groups in total. The lowest BCUT2D eigenvalue weighted by molar-refractivity contribution is -0.384. The second-order valence-electron chi connectivity index (χ2n) is 5.73. The number of fused-ring (bicyclic) bond motifs is 1. The van der Waals surface area contributed by atoms with Crippen LogP contribution < -0.4 is 5.69 Å². The second-order valence-corrected chi connectivity index (χ2v) is 5.73. The number of non-ortho nitro benzene ring substituents is 1. The summed E-state index contributed by atoms with van der Waals surface area (Å²) in [6.45, 7) is -0.272. The Hall–Kier alpha value is -3.08. The molecule has 1 fully saturated rings. The van der Waals surface area contributed by atoms with E-state index < -0.39 is 22.9 Å². The maximum atomic E-state index is 12.7. The highest BCUT2D eigenvalue weighted by Gasteiger charge is 2.31. The van der Waals surface area contributed by atoms with Crippen LogP contribution in [-0.4, -0.2) is 43.5 Å². The highest BCUT2D eigenvalue weighted by molar-refractivity contribution is 5.63. The summed E-state index contributed by atoms with van der Waals surface area (Å²) in [6, 6.07) is 7.56. The topological polar surface area (TPSA) is 121 Å². The first-order valence-corrected chi connectivity index (χ1v) is 7.77. The highest BCUT2D eigenvalue weighted by atomic mass is 16.7. The number of benzene rings is 1. The third-order valence-electron chi connectivity index (χ3n) is 4.21. The lowest BCUT2D eigenvalue weighted by Crippen LogP contribution is -2.34. The highest BCUT2D eigenvalue weighted by Crippen LogP contribution is 2.24. The number of ether oxygens (including phenoxy) is 2. The summed E-state index contributed by atoms with van der Waals surface area (Å²) < 4.78 is 13.3. The van der Waals surface area contributed by atoms with Gasteiger partial charge in [0.15, 0.2) is 6.23 Å². The van der Waals surface area contributed by atoms with Crippen molar-refractivity contribution in [1.82, 2.24) is 14.0 Å². The van der Waals surface area contributed by atoms with Crippen LogP contribution in [0.2, 0.25) is 0 Å². The summed E-state index contributed by atoms with van der Waals surface area (Å²) in [4.78, 5) is 27.4. The van der Waals surface area contributed by atoms with Crippen molar-refractivity contribution in [2.45, 2.75) is 12.3 Å². The molecule has 0 spiro atoms. The zero-order valence-electron chi connectivity index (χ0n) is 13.4. The predicted molar refractivity (Wildman–Crippen MR) is 88.5 cm³/mol. The number of hydrogen-bond acceptors (Lipinski definition) is 7. The molecule has 134 valence electrons. The van der Waals surface area contributed by atoms with E-state index in [1.165, 1.54) is 27.3 Å². The maximum absolute atomic E-state index is 12.7. The van der Waals surface area contributed by atoms with Crippen LogP contribution in [0.25, 0.3) is 16.9 Å². The number of imidazole rings is 1. The van der Waals surface area contributed by atoms with Gasteiger partial charge in [0.1, 0.15) is 18.5 Å². The van der Waals surface area contributed by atoms with Crippen molar-refractivity contribution < 1.29 is 19.5 Å². The minimum atomic E-state index is -0.720. The van der Waals surface area contributed by atoms with E-state index in [1.54, 1.807) is 24.4 Å². The molecule has 3 heterocycles. The van der Waals surface area contributed by atoms with Gasteiger partial charge in [0.2, 0.25) is 0 Å². The zero-order chi connectivity index (χ0) is 18.3. The van der Waals surface area contributed by atoms with Crippen molar-refractivity contribution in [3.8, 4) is 11.3 Å². The van der Waals surface area contributed by atoms with E-state index in [4.69, 9.17) is 9.47 Å². The van der Waals surface area contributed by atoms with Crippen LogP contribution in [-0.2, 0) is 9.47 Å². The fourth-order valence-corrected chi connectivity index (χ4v) is 2.88. The van der Waals surface area contributed by atoms with Crippen molar-refractivity contribution in [1.29, 1.82) is 0 Å². The lowest BCUT2D eigenvalue weighted by atomic mass is 10.1. The van der Waals surface area contributed by atoms with Gasteiger partial charge >= 0.3 is 5.69 Å². The van der Waals surface area contributed by atoms with Crippen LogP contribution in [0.5, 0.6) is 0 Å². The molecular weight excluding hydrogens is 344 g/mol. The van der Waals surface area contributed by atoms with E-state index in [-0.39, 0.29) is 19.1 Å². The smallest absolute Gasteiger partial charge is 0.336 e. The number of nitro benzene ring substituents is 1. The number of aliphatic hydroxyl groups is 1. The third kappa shape index (κ3) is 2.65. The molecule has 2 atom stereocenters. The normalized spacial score (nSPS) is 19.9. The van der Waals surface area contributed by atoms with E-state index in [2.05, 4.69) is 4.98 Å². The van der Waals surface area contributed by atoms with Gasteiger partial charge in [-0.1, -0.05) is 0 Å². The van der Waals surface area contributed by atoms with Gasteiger partial charge in [-0.3, -0.25) is 19.1 Å². The molecule has 10 heteroatoms. The van der Waals surface area contributed by atoms with Gasteiger partial charge in [0.25, 0.3) is 5.69 Å². The first kappa shape index (κ1) is 16.4. The van der Waals surface area contributed by atoms with Crippen molar-refractivity contribution in [3.63, 3.8) is 0 Å². The first-order chi connectivity index (χ1) is 12.6. The molecule has 1 saturated heterocycles. The van der Waals surface area contributed by atoms with E-state index in [1.807, 2.05) is 0 Å². The maximum Gasteiger partial charge on any atom is 0.336 e. The molecule has 26 heavy (non-hydrogen) atoms. The largest absolute Gasteiger partial charge is 0.393 e. The molecule has 0 bridgehead atoms. The van der Waals surface area contributed by atoms with Gasteiger partial charge < -0.3 is 14.6 Å². The second kappa shape index (κ2) is 6.33. The van der Waals surface area contributed by atoms with Gasteiger partial charge in [-0.2, -0.15) is 0 Å². The van der Waals surface area contributed by atoms with Crippen molar-refractivity contribution in [2.24, 2.45) is 0 Å². The molecule has 4 rings (SSSR count). The molecule has 2 aromatic heterocycles. The molecule has 3 aromatic rings. The van der Waals surface area contributed by atoms with Crippen LogP contribution in [0.15, 0.2) is 47.5 Å². The van der Waals surface area contributed by atoms with Crippen LogP contribution in [0.1, 0.15) is 6.23 Å². The van der Waals surface area contributed by atoms with E-state index in [0.29, 0.717) is 16.9 Å². The van der Waals surface area contributed by atoms with Crippen LogP contribution in [0.4, 0.5) is 5.69 Å². The summed E-state index contributed by atoms with van der Waals surface area (Å²) in [7, 11) is 0. The molecule has 0 radical (unpaired) electrons. The van der Waals surface area contributed by atoms with Crippen molar-refractivity contribution in [3.05, 3.63) is 63.3 Å². The zero-order valence-corrected chi connectivity index (χ0v) is 13.4. The average Bonchev–Trinajstić information content (AvgIpc) is 3.29. The Balaban J connectivity index is 1.75. The summed E-state index contributed by atoms with van der Waals surface area (Å²) in [5.74, 6) is 0. The van der Waals surface area contributed by atoms with E-state index >= 15 is 0 Å². The number of aliphatic hydroxyl groups excluding tert-OH is 1. The fourth-order valence-electron chi connectivity index (χ4n) is 2.88. The SMILES string of the molecule is O=c1n([C@H]2OCOC2CO)ccc2nc(-c3ccc([N+](=O)[O-])cc3)cn12. The lowest BCUT2D eigenvalue weighted by Gasteiger charge is -2.17. The fraction of sp³-hybridized carbons (Fsp3) is 0.250. The monoisotopic (exact) mass is 358 g/mol.